The van der Waals surface area contributed by atoms with Crippen molar-refractivity contribution in [2.24, 2.45) is 0 Å². The molecule has 3 rings (SSSR count). The highest BCUT2D eigenvalue weighted by Gasteiger charge is 2.15. The van der Waals surface area contributed by atoms with Crippen molar-refractivity contribution in [1.82, 2.24) is 0 Å². The summed E-state index contributed by atoms with van der Waals surface area (Å²) in [6, 6.07) is 18.7. The second kappa shape index (κ2) is 7.70. The molecule has 132 valence electrons. The molecule has 0 aliphatic heterocycles. The average molecular weight is 349 g/mol. The van der Waals surface area contributed by atoms with Crippen LogP contribution in [0.4, 0.5) is 5.69 Å². The highest BCUT2D eigenvalue weighted by molar-refractivity contribution is 6.10. The van der Waals surface area contributed by atoms with Gasteiger partial charge in [0.1, 0.15) is 5.75 Å². The van der Waals surface area contributed by atoms with E-state index in [1.807, 2.05) is 42.5 Å². The maximum Gasteiger partial charge on any atom is 0.303 e. The quantitative estimate of drug-likeness (QED) is 0.702. The van der Waals surface area contributed by atoms with E-state index in [-0.39, 0.29) is 12.3 Å². The van der Waals surface area contributed by atoms with Gasteiger partial charge in [0, 0.05) is 17.5 Å². The van der Waals surface area contributed by atoms with Gasteiger partial charge in [-0.2, -0.15) is 0 Å². The number of aryl methyl sites for hydroxylation is 1. The first-order valence-corrected chi connectivity index (χ1v) is 8.26. The van der Waals surface area contributed by atoms with Gasteiger partial charge < -0.3 is 15.2 Å². The second-order valence-electron chi connectivity index (χ2n) is 5.91. The lowest BCUT2D eigenvalue weighted by atomic mass is 10.0. The molecule has 3 aromatic carbocycles. The summed E-state index contributed by atoms with van der Waals surface area (Å²) in [7, 11) is 1.50. The molecule has 0 unspecified atom stereocenters. The highest BCUT2D eigenvalue weighted by Crippen LogP contribution is 2.26. The van der Waals surface area contributed by atoms with E-state index in [1.165, 1.54) is 7.11 Å². The summed E-state index contributed by atoms with van der Waals surface area (Å²) >= 11 is 0. The predicted octanol–water partition coefficient (Wildman–Crippen LogP) is 4.12. The smallest absolute Gasteiger partial charge is 0.303 e. The van der Waals surface area contributed by atoms with Gasteiger partial charge in [0.25, 0.3) is 5.91 Å². The number of hydrogen-bond donors (Lipinski definition) is 2. The summed E-state index contributed by atoms with van der Waals surface area (Å²) in [5.74, 6) is -0.722. The number of amides is 1. The van der Waals surface area contributed by atoms with Crippen LogP contribution in [-0.2, 0) is 11.2 Å². The fourth-order valence-corrected chi connectivity index (χ4v) is 2.86. The van der Waals surface area contributed by atoms with Crippen LogP contribution in [-0.4, -0.2) is 24.1 Å². The molecule has 0 fully saturated rings. The Labute approximate surface area is 151 Å². The predicted molar refractivity (Wildman–Crippen MR) is 101 cm³/mol. The summed E-state index contributed by atoms with van der Waals surface area (Å²) in [6.45, 7) is 0. The number of rotatable bonds is 6. The Kier molecular flexibility index (Phi) is 5.17. The number of benzene rings is 3. The first-order valence-electron chi connectivity index (χ1n) is 8.26. The minimum Gasteiger partial charge on any atom is -0.496 e. The van der Waals surface area contributed by atoms with Crippen molar-refractivity contribution in [1.29, 1.82) is 0 Å². The van der Waals surface area contributed by atoms with Crippen LogP contribution < -0.4 is 10.1 Å². The van der Waals surface area contributed by atoms with Crippen molar-refractivity contribution in [3.63, 3.8) is 0 Å². The van der Waals surface area contributed by atoms with E-state index in [0.29, 0.717) is 23.4 Å². The van der Waals surface area contributed by atoms with Gasteiger partial charge in [0.05, 0.1) is 12.7 Å². The van der Waals surface area contributed by atoms with E-state index in [2.05, 4.69) is 5.32 Å². The van der Waals surface area contributed by atoms with E-state index < -0.39 is 5.97 Å². The third-order valence-corrected chi connectivity index (χ3v) is 4.17. The zero-order valence-electron chi connectivity index (χ0n) is 14.4. The number of carboxylic acids is 1. The maximum atomic E-state index is 12.8. The van der Waals surface area contributed by atoms with Crippen molar-refractivity contribution in [2.45, 2.75) is 12.8 Å². The standard InChI is InChI=1S/C21H19NO4/c1-26-19-11-9-14(10-12-20(23)24)13-17(19)21(25)22-18-8-4-6-15-5-2-3-7-16(15)18/h2-9,11,13H,10,12H2,1H3,(H,22,25)(H,23,24). The number of ether oxygens (including phenoxy) is 1. The lowest BCUT2D eigenvalue weighted by Crippen LogP contribution is -2.14. The molecule has 5 nitrogen and oxygen atoms in total. The van der Waals surface area contributed by atoms with E-state index in [1.54, 1.807) is 18.2 Å². The number of anilines is 1. The van der Waals surface area contributed by atoms with Gasteiger partial charge in [-0.05, 0) is 35.6 Å². The molecule has 3 aromatic rings. The highest BCUT2D eigenvalue weighted by atomic mass is 16.5. The third kappa shape index (κ3) is 3.83. The summed E-state index contributed by atoms with van der Waals surface area (Å²) < 4.78 is 5.30. The molecule has 26 heavy (non-hydrogen) atoms. The molecule has 1 amide bonds. The summed E-state index contributed by atoms with van der Waals surface area (Å²) in [4.78, 5) is 23.6. The van der Waals surface area contributed by atoms with Crippen LogP contribution in [0.1, 0.15) is 22.3 Å². The molecule has 0 aliphatic carbocycles. The van der Waals surface area contributed by atoms with Crippen LogP contribution in [0.3, 0.4) is 0 Å². The fraction of sp³-hybridized carbons (Fsp3) is 0.143. The topological polar surface area (TPSA) is 75.6 Å². The largest absolute Gasteiger partial charge is 0.496 e. The molecule has 0 atom stereocenters. The normalized spacial score (nSPS) is 10.5. The Bertz CT molecular complexity index is 960. The lowest BCUT2D eigenvalue weighted by molar-refractivity contribution is -0.136. The number of fused-ring (bicyclic) bond motifs is 1. The number of carbonyl (C=O) groups excluding carboxylic acids is 1. The van der Waals surface area contributed by atoms with Crippen LogP contribution in [0.5, 0.6) is 5.75 Å². The Hall–Kier alpha value is -3.34. The number of nitrogens with one attached hydrogen (secondary N) is 1. The van der Waals surface area contributed by atoms with E-state index in [4.69, 9.17) is 9.84 Å². The fourth-order valence-electron chi connectivity index (χ4n) is 2.86. The van der Waals surface area contributed by atoms with Crippen molar-refractivity contribution in [3.8, 4) is 5.75 Å². The molecule has 0 aromatic heterocycles. The molecule has 0 bridgehead atoms. The number of methoxy groups -OCH3 is 1. The van der Waals surface area contributed by atoms with E-state index in [9.17, 15) is 9.59 Å². The molecule has 0 spiro atoms. The van der Waals surface area contributed by atoms with Crippen LogP contribution in [0.15, 0.2) is 60.7 Å². The Balaban J connectivity index is 1.90. The van der Waals surface area contributed by atoms with Crippen molar-refractivity contribution in [2.75, 3.05) is 12.4 Å². The number of carboxylic acid groups (broad SMARTS) is 1. The number of carbonyl (C=O) groups is 2. The molecule has 5 heteroatoms. The van der Waals surface area contributed by atoms with Crippen LogP contribution in [0, 0.1) is 0 Å². The second-order valence-corrected chi connectivity index (χ2v) is 5.91. The minimum atomic E-state index is -0.873. The number of hydrogen-bond acceptors (Lipinski definition) is 3. The Morgan fingerprint density at radius 2 is 1.81 bits per heavy atom. The molecular weight excluding hydrogens is 330 g/mol. The molecule has 0 aliphatic rings. The van der Waals surface area contributed by atoms with Gasteiger partial charge >= 0.3 is 5.97 Å². The molecule has 0 saturated carbocycles. The minimum absolute atomic E-state index is 0.0106. The molecule has 2 N–H and O–H groups in total. The summed E-state index contributed by atoms with van der Waals surface area (Å²) in [5.41, 5.74) is 1.87. The molecular formula is C21H19NO4. The molecule has 0 heterocycles. The first-order chi connectivity index (χ1) is 12.6. The van der Waals surface area contributed by atoms with E-state index in [0.717, 1.165) is 16.3 Å². The van der Waals surface area contributed by atoms with Gasteiger partial charge in [-0.25, -0.2) is 0 Å². The molecule has 0 radical (unpaired) electrons. The summed E-state index contributed by atoms with van der Waals surface area (Å²) in [5, 5.41) is 13.8. The average Bonchev–Trinajstić information content (AvgIpc) is 2.66. The monoisotopic (exact) mass is 349 g/mol. The van der Waals surface area contributed by atoms with Gasteiger partial charge in [-0.1, -0.05) is 42.5 Å². The Morgan fingerprint density at radius 1 is 1.04 bits per heavy atom. The van der Waals surface area contributed by atoms with E-state index >= 15 is 0 Å². The van der Waals surface area contributed by atoms with Crippen LogP contribution in [0.2, 0.25) is 0 Å². The number of aliphatic carboxylic acids is 1. The van der Waals surface area contributed by atoms with Crippen molar-refractivity contribution >= 4 is 28.3 Å². The molecule has 0 saturated heterocycles. The van der Waals surface area contributed by atoms with Gasteiger partial charge in [-0.15, -0.1) is 0 Å². The zero-order chi connectivity index (χ0) is 18.5. The lowest BCUT2D eigenvalue weighted by Gasteiger charge is -2.12. The SMILES string of the molecule is COc1ccc(CCC(=O)O)cc1C(=O)Nc1cccc2ccccc12. The van der Waals surface area contributed by atoms with Gasteiger partial charge in [0.15, 0.2) is 0 Å². The maximum absolute atomic E-state index is 12.8. The van der Waals surface area contributed by atoms with Gasteiger partial charge in [0.2, 0.25) is 0 Å². The van der Waals surface area contributed by atoms with Crippen LogP contribution >= 0.6 is 0 Å². The first kappa shape index (κ1) is 17.5. The third-order valence-electron chi connectivity index (χ3n) is 4.17. The Morgan fingerprint density at radius 3 is 2.58 bits per heavy atom. The zero-order valence-corrected chi connectivity index (χ0v) is 14.4. The van der Waals surface area contributed by atoms with Crippen LogP contribution in [0.25, 0.3) is 10.8 Å². The summed E-state index contributed by atoms with van der Waals surface area (Å²) in [6.07, 6.45) is 0.366. The van der Waals surface area contributed by atoms with Gasteiger partial charge in [-0.3, -0.25) is 9.59 Å². The van der Waals surface area contributed by atoms with Crippen molar-refractivity contribution in [3.05, 3.63) is 71.8 Å². The van der Waals surface area contributed by atoms with Crippen molar-refractivity contribution < 1.29 is 19.4 Å².